The minimum Gasteiger partial charge on any atom is -0.343 e. The van der Waals surface area contributed by atoms with Gasteiger partial charge in [0.25, 0.3) is 0 Å². The Bertz CT molecular complexity index is 170. The van der Waals surface area contributed by atoms with Crippen molar-refractivity contribution in [3.05, 3.63) is 6.92 Å². The summed E-state index contributed by atoms with van der Waals surface area (Å²) < 4.78 is 0. The molecule has 0 aliphatic rings. The van der Waals surface area contributed by atoms with Gasteiger partial charge in [-0.05, 0) is 11.8 Å². The Morgan fingerprint density at radius 1 is 0.833 bits per heavy atom. The van der Waals surface area contributed by atoms with Crippen molar-refractivity contribution >= 4 is 18.5 Å². The predicted octanol–water partition coefficient (Wildman–Crippen LogP) is 3.93. The molecule has 3 nitrogen and oxygen atoms in total. The third kappa shape index (κ3) is 43.4. The maximum Gasteiger partial charge on any atom is 0.319 e. The third-order valence-electron chi connectivity index (χ3n) is 2.35. The normalized spacial score (nSPS) is 10.3. The Balaban J connectivity index is -0.000000321. The van der Waals surface area contributed by atoms with E-state index in [4.69, 9.17) is 14.7 Å². The summed E-state index contributed by atoms with van der Waals surface area (Å²) in [5.74, 6) is 0. The van der Waals surface area contributed by atoms with E-state index in [1.807, 2.05) is 0 Å². The molecule has 0 radical (unpaired) electrons. The van der Waals surface area contributed by atoms with E-state index < -0.39 is 6.72 Å². The Kier molecular flexibility index (Phi) is 24.4. The van der Waals surface area contributed by atoms with Crippen molar-refractivity contribution in [3.8, 4) is 0 Å². The molecule has 3 N–H and O–H groups in total. The summed E-state index contributed by atoms with van der Waals surface area (Å²) in [6.45, 7) is 2.31. The van der Waals surface area contributed by atoms with E-state index in [1.54, 1.807) is 0 Å². The molecule has 0 aliphatic heterocycles. The van der Waals surface area contributed by atoms with Crippen LogP contribution in [0.5, 0.6) is 0 Å². The van der Waals surface area contributed by atoms with E-state index in [0.29, 0.717) is 0 Å². The van der Waals surface area contributed by atoms with Gasteiger partial charge in [-0.2, -0.15) is 6.42 Å². The van der Waals surface area contributed by atoms with Crippen molar-refractivity contribution in [2.75, 3.05) is 0 Å². The second-order valence-electron chi connectivity index (χ2n) is 4.20. The monoisotopic (exact) mass is 347 g/mol. The van der Waals surface area contributed by atoms with E-state index in [9.17, 15) is 0 Å². The van der Waals surface area contributed by atoms with Crippen LogP contribution in [-0.4, -0.2) is 14.7 Å². The van der Waals surface area contributed by atoms with Crippen LogP contribution in [0.1, 0.15) is 71.1 Å². The van der Waals surface area contributed by atoms with Crippen LogP contribution in [0, 0.1) is 6.92 Å². The number of unbranched alkanes of at least 4 members (excludes halogenated alkanes) is 9. The topological polar surface area (TPSA) is 60.7 Å². The van der Waals surface area contributed by atoms with Crippen LogP contribution < -0.4 is 0 Å². The molecule has 6 heteroatoms. The molecule has 0 amide bonds. The van der Waals surface area contributed by atoms with Crippen molar-refractivity contribution in [3.63, 3.8) is 0 Å². The van der Waals surface area contributed by atoms with Crippen molar-refractivity contribution in [2.24, 2.45) is 0 Å². The summed E-state index contributed by atoms with van der Waals surface area (Å²) in [5.41, 5.74) is 0. The first kappa shape index (κ1) is 24.2. The Labute approximate surface area is 130 Å². The second-order valence-corrected chi connectivity index (χ2v) is 6.69. The first-order valence-electron chi connectivity index (χ1n) is 6.49. The molecule has 0 fully saturated rings. The van der Waals surface area contributed by atoms with Crippen LogP contribution in [0.2, 0.25) is 0 Å². The van der Waals surface area contributed by atoms with E-state index >= 15 is 0 Å². The summed E-state index contributed by atoms with van der Waals surface area (Å²) in [6, 6.07) is 0. The number of hydrogen-bond donors (Lipinski definition) is 3. The maximum atomic E-state index is 7.56. The van der Waals surface area contributed by atoms with Gasteiger partial charge in [0, 0.05) is 19.5 Å². The van der Waals surface area contributed by atoms with Crippen LogP contribution in [0.15, 0.2) is 0 Å². The van der Waals surface area contributed by atoms with Gasteiger partial charge in [-0.3, -0.25) is 0 Å². The molecular formula is C12H28O3PSZn-. The van der Waals surface area contributed by atoms with Gasteiger partial charge in [0.15, 0.2) is 0 Å². The molecule has 0 aromatic carbocycles. The van der Waals surface area contributed by atoms with Crippen molar-refractivity contribution in [1.29, 1.82) is 0 Å². The van der Waals surface area contributed by atoms with E-state index in [-0.39, 0.29) is 19.5 Å². The van der Waals surface area contributed by atoms with Gasteiger partial charge in [0.1, 0.15) is 0 Å². The molecule has 18 heavy (non-hydrogen) atoms. The van der Waals surface area contributed by atoms with Gasteiger partial charge >= 0.3 is 6.72 Å². The van der Waals surface area contributed by atoms with E-state index in [2.05, 4.69) is 25.7 Å². The smallest absolute Gasteiger partial charge is 0.319 e. The standard InChI is InChI=1S/C12H25.H3O3PS.Zn/c1-3-5-7-9-11-12-10-8-6-4-2;1-4(2,3)5;/h1,3-12H2,2H3;(H3,1,2,3,5);/q-1;;. The quantitative estimate of drug-likeness (QED) is 0.256. The number of rotatable bonds is 9. The summed E-state index contributed by atoms with van der Waals surface area (Å²) in [6.07, 6.45) is 13.9. The zero-order valence-electron chi connectivity index (χ0n) is 11.7. The molecule has 0 aliphatic carbocycles. The molecule has 0 spiro atoms. The van der Waals surface area contributed by atoms with Gasteiger partial charge < -0.3 is 21.6 Å². The summed E-state index contributed by atoms with van der Waals surface area (Å²) in [5, 5.41) is 0. The minimum absolute atomic E-state index is 0. The fourth-order valence-corrected chi connectivity index (χ4v) is 1.49. The maximum absolute atomic E-state index is 7.56. The largest absolute Gasteiger partial charge is 0.343 e. The Morgan fingerprint density at radius 3 is 1.39 bits per heavy atom. The van der Waals surface area contributed by atoms with Crippen molar-refractivity contribution < 1.29 is 34.2 Å². The molecule has 0 saturated heterocycles. The Morgan fingerprint density at radius 2 is 1.11 bits per heavy atom. The second kappa shape index (κ2) is 18.2. The minimum atomic E-state index is -3.81. The molecule has 0 rings (SSSR count). The number of hydrogen-bond acceptors (Lipinski definition) is 1. The van der Waals surface area contributed by atoms with Gasteiger partial charge in [-0.25, -0.2) is 0 Å². The van der Waals surface area contributed by atoms with Gasteiger partial charge in [-0.1, -0.05) is 64.7 Å². The van der Waals surface area contributed by atoms with Crippen LogP contribution in [0.25, 0.3) is 0 Å². The average Bonchev–Trinajstić information content (AvgIpc) is 2.20. The molecule has 0 heterocycles. The average molecular weight is 349 g/mol. The molecule has 0 bridgehead atoms. The third-order valence-corrected chi connectivity index (χ3v) is 2.35. The summed E-state index contributed by atoms with van der Waals surface area (Å²) in [4.78, 5) is 22.7. The fourth-order valence-electron chi connectivity index (χ4n) is 1.49. The van der Waals surface area contributed by atoms with Crippen LogP contribution in [-0.2, 0) is 31.3 Å². The van der Waals surface area contributed by atoms with E-state index in [0.717, 1.165) is 6.42 Å². The van der Waals surface area contributed by atoms with Crippen molar-refractivity contribution in [2.45, 2.75) is 71.1 Å². The predicted molar refractivity (Wildman–Crippen MR) is 78.1 cm³/mol. The van der Waals surface area contributed by atoms with Crippen LogP contribution in [0.3, 0.4) is 0 Å². The van der Waals surface area contributed by atoms with E-state index in [1.165, 1.54) is 57.8 Å². The van der Waals surface area contributed by atoms with Crippen LogP contribution in [0.4, 0.5) is 0 Å². The molecule has 0 saturated carbocycles. The molecule has 0 aromatic rings. The van der Waals surface area contributed by atoms with Gasteiger partial charge in [-0.15, -0.1) is 0 Å². The first-order chi connectivity index (χ1) is 7.91. The molecule has 0 unspecified atom stereocenters. The summed E-state index contributed by atoms with van der Waals surface area (Å²) >= 11 is 3.60. The molecule has 0 aromatic heterocycles. The molecule has 108 valence electrons. The Hall–Kier alpha value is 1.15. The van der Waals surface area contributed by atoms with Gasteiger partial charge in [0.2, 0.25) is 0 Å². The SMILES string of the molecule is OP(O)(O)=S.[CH2-]CCCCCCCCCCC.[Zn]. The zero-order chi connectivity index (χ0) is 13.6. The van der Waals surface area contributed by atoms with Gasteiger partial charge in [0.05, 0.1) is 0 Å². The fraction of sp³-hybridized carbons (Fsp3) is 0.917. The summed E-state index contributed by atoms with van der Waals surface area (Å²) in [7, 11) is 0. The van der Waals surface area contributed by atoms with Crippen LogP contribution >= 0.6 is 6.72 Å². The molecule has 0 atom stereocenters. The van der Waals surface area contributed by atoms with Crippen molar-refractivity contribution in [1.82, 2.24) is 0 Å². The molecular weight excluding hydrogens is 321 g/mol. The zero-order valence-corrected chi connectivity index (χ0v) is 16.4. The first-order valence-corrected chi connectivity index (χ1v) is 9.15.